The van der Waals surface area contributed by atoms with Crippen molar-refractivity contribution in [2.75, 3.05) is 16.8 Å². The second-order valence-electron chi connectivity index (χ2n) is 3.48. The van der Waals surface area contributed by atoms with Gasteiger partial charge < -0.3 is 0 Å². The molecule has 2 nitrogen and oxygen atoms in total. The first kappa shape index (κ1) is 13.2. The molecule has 0 aliphatic carbocycles. The molecule has 13 heavy (non-hydrogen) atoms. The molecule has 0 heterocycles. The Bertz CT molecular complexity index is 259. The van der Waals surface area contributed by atoms with Crippen LogP contribution in [0.2, 0.25) is 0 Å². The second-order valence-corrected chi connectivity index (χ2v) is 6.51. The largest absolute Gasteiger partial charge is 0.229 e. The van der Waals surface area contributed by atoms with E-state index in [0.717, 1.165) is 5.33 Å². The van der Waals surface area contributed by atoms with Crippen LogP contribution in [0, 0.1) is 5.41 Å². The number of rotatable bonds is 6. The van der Waals surface area contributed by atoms with Crippen LogP contribution in [-0.4, -0.2) is 25.3 Å². The van der Waals surface area contributed by atoms with Gasteiger partial charge in [0.05, 0.1) is 5.75 Å². The summed E-state index contributed by atoms with van der Waals surface area (Å²) in [6, 6.07) is 0. The quantitative estimate of drug-likeness (QED) is 0.548. The third-order valence-electron chi connectivity index (χ3n) is 2.22. The molecule has 0 saturated heterocycles. The molecule has 0 fully saturated rings. The van der Waals surface area contributed by atoms with Crippen LogP contribution >= 0.6 is 15.9 Å². The molecule has 0 aliphatic rings. The Morgan fingerprint density at radius 2 is 2.08 bits per heavy atom. The third-order valence-corrected chi connectivity index (χ3v) is 5.21. The average Bonchev–Trinajstić information content (AvgIpc) is 2.14. The minimum absolute atomic E-state index is 0.109. The predicted octanol–water partition coefficient (Wildman–Crippen LogP) is 2.40. The fourth-order valence-electron chi connectivity index (χ4n) is 0.756. The SMILES string of the molecule is C=CC(C)(CBr)CCS(=O)(=O)CC. The number of hydrogen-bond acceptors (Lipinski definition) is 2. The first-order chi connectivity index (χ1) is 5.89. The van der Waals surface area contributed by atoms with Crippen molar-refractivity contribution < 1.29 is 8.42 Å². The van der Waals surface area contributed by atoms with Gasteiger partial charge in [-0.1, -0.05) is 35.9 Å². The first-order valence-corrected chi connectivity index (χ1v) is 7.23. The molecule has 0 N–H and O–H groups in total. The van der Waals surface area contributed by atoms with E-state index >= 15 is 0 Å². The van der Waals surface area contributed by atoms with E-state index in [2.05, 4.69) is 22.5 Å². The summed E-state index contributed by atoms with van der Waals surface area (Å²) in [7, 11) is -2.84. The molecule has 1 unspecified atom stereocenters. The molecule has 0 amide bonds. The van der Waals surface area contributed by atoms with E-state index in [0.29, 0.717) is 6.42 Å². The van der Waals surface area contributed by atoms with Crippen LogP contribution in [0.15, 0.2) is 12.7 Å². The average molecular weight is 269 g/mol. The van der Waals surface area contributed by atoms with Crippen LogP contribution in [0.4, 0.5) is 0 Å². The van der Waals surface area contributed by atoms with Gasteiger partial charge in [0.25, 0.3) is 0 Å². The Kier molecular flexibility index (Phi) is 5.22. The topological polar surface area (TPSA) is 34.1 Å². The van der Waals surface area contributed by atoms with Gasteiger partial charge in [-0.15, -0.1) is 6.58 Å². The highest BCUT2D eigenvalue weighted by Gasteiger charge is 2.21. The van der Waals surface area contributed by atoms with Gasteiger partial charge in [0.15, 0.2) is 0 Å². The highest BCUT2D eigenvalue weighted by atomic mass is 79.9. The molecular formula is C9H17BrO2S. The normalized spacial score (nSPS) is 16.5. The Morgan fingerprint density at radius 1 is 1.54 bits per heavy atom. The van der Waals surface area contributed by atoms with Crippen molar-refractivity contribution in [1.82, 2.24) is 0 Å². The zero-order valence-corrected chi connectivity index (χ0v) is 10.6. The molecule has 0 aromatic heterocycles. The van der Waals surface area contributed by atoms with Crippen molar-refractivity contribution in [3.63, 3.8) is 0 Å². The Balaban J connectivity index is 4.23. The van der Waals surface area contributed by atoms with Crippen LogP contribution < -0.4 is 0 Å². The van der Waals surface area contributed by atoms with E-state index < -0.39 is 9.84 Å². The van der Waals surface area contributed by atoms with Crippen molar-refractivity contribution >= 4 is 25.8 Å². The lowest BCUT2D eigenvalue weighted by Gasteiger charge is -2.22. The van der Waals surface area contributed by atoms with Crippen LogP contribution in [-0.2, 0) is 9.84 Å². The number of hydrogen-bond donors (Lipinski definition) is 0. The molecule has 4 heteroatoms. The summed E-state index contributed by atoms with van der Waals surface area (Å²) in [5.74, 6) is 0.472. The molecule has 0 aromatic carbocycles. The maximum Gasteiger partial charge on any atom is 0.150 e. The zero-order chi connectivity index (χ0) is 10.5. The number of sulfone groups is 1. The molecule has 0 aromatic rings. The highest BCUT2D eigenvalue weighted by Crippen LogP contribution is 2.25. The van der Waals surface area contributed by atoms with Crippen molar-refractivity contribution in [2.45, 2.75) is 20.3 Å². The summed E-state index contributed by atoms with van der Waals surface area (Å²) >= 11 is 3.36. The number of halogens is 1. The maximum absolute atomic E-state index is 11.2. The smallest absolute Gasteiger partial charge is 0.150 e. The first-order valence-electron chi connectivity index (χ1n) is 4.29. The molecule has 78 valence electrons. The lowest BCUT2D eigenvalue weighted by atomic mass is 9.91. The summed E-state index contributed by atoms with van der Waals surface area (Å²) < 4.78 is 22.5. The van der Waals surface area contributed by atoms with Crippen molar-refractivity contribution in [3.05, 3.63) is 12.7 Å². The minimum Gasteiger partial charge on any atom is -0.229 e. The zero-order valence-electron chi connectivity index (χ0n) is 8.22. The third kappa shape index (κ3) is 4.81. The van der Waals surface area contributed by atoms with Gasteiger partial charge in [0.2, 0.25) is 0 Å². The van der Waals surface area contributed by atoms with Gasteiger partial charge in [-0.25, -0.2) is 8.42 Å². The fourth-order valence-corrected chi connectivity index (χ4v) is 2.33. The monoisotopic (exact) mass is 268 g/mol. The molecule has 0 bridgehead atoms. The Morgan fingerprint density at radius 3 is 2.38 bits per heavy atom. The van der Waals surface area contributed by atoms with Gasteiger partial charge in [-0.3, -0.25) is 0 Å². The van der Waals surface area contributed by atoms with Crippen LogP contribution in [0.5, 0.6) is 0 Å². The molecule has 0 saturated carbocycles. The van der Waals surface area contributed by atoms with Crippen LogP contribution in [0.3, 0.4) is 0 Å². The predicted molar refractivity (Wildman–Crippen MR) is 61.0 cm³/mol. The maximum atomic E-state index is 11.2. The van der Waals surface area contributed by atoms with Gasteiger partial charge in [0, 0.05) is 11.1 Å². The number of allylic oxidation sites excluding steroid dienone is 1. The van der Waals surface area contributed by atoms with Gasteiger partial charge in [-0.05, 0) is 11.8 Å². The number of alkyl halides is 1. The van der Waals surface area contributed by atoms with Crippen molar-refractivity contribution in [3.8, 4) is 0 Å². The summed E-state index contributed by atoms with van der Waals surface area (Å²) in [6.45, 7) is 7.38. The Hall–Kier alpha value is 0.170. The second kappa shape index (κ2) is 5.15. The molecule has 1 atom stereocenters. The van der Waals surface area contributed by atoms with E-state index in [1.54, 1.807) is 6.92 Å². The van der Waals surface area contributed by atoms with E-state index in [-0.39, 0.29) is 16.9 Å². The molecule has 0 spiro atoms. The van der Waals surface area contributed by atoms with Gasteiger partial charge in [0.1, 0.15) is 9.84 Å². The summed E-state index contributed by atoms with van der Waals surface area (Å²) in [5, 5.41) is 0.753. The van der Waals surface area contributed by atoms with Crippen LogP contribution in [0.1, 0.15) is 20.3 Å². The summed E-state index contributed by atoms with van der Waals surface area (Å²) in [4.78, 5) is 0. The van der Waals surface area contributed by atoms with E-state index in [4.69, 9.17) is 0 Å². The lowest BCUT2D eigenvalue weighted by Crippen LogP contribution is -2.21. The van der Waals surface area contributed by atoms with Gasteiger partial charge in [-0.2, -0.15) is 0 Å². The van der Waals surface area contributed by atoms with Crippen molar-refractivity contribution in [1.29, 1.82) is 0 Å². The lowest BCUT2D eigenvalue weighted by molar-refractivity contribution is 0.473. The minimum atomic E-state index is -2.84. The summed E-state index contributed by atoms with van der Waals surface area (Å²) in [6.07, 6.45) is 2.45. The fraction of sp³-hybridized carbons (Fsp3) is 0.778. The van der Waals surface area contributed by atoms with E-state index in [1.165, 1.54) is 0 Å². The molecule has 0 rings (SSSR count). The Labute approximate surface area is 89.5 Å². The molecule has 0 aliphatic heterocycles. The van der Waals surface area contributed by atoms with E-state index in [1.807, 2.05) is 13.0 Å². The van der Waals surface area contributed by atoms with Gasteiger partial charge >= 0.3 is 0 Å². The summed E-state index contributed by atoms with van der Waals surface area (Å²) in [5.41, 5.74) is -0.109. The van der Waals surface area contributed by atoms with Crippen LogP contribution in [0.25, 0.3) is 0 Å². The molecular weight excluding hydrogens is 252 g/mol. The highest BCUT2D eigenvalue weighted by molar-refractivity contribution is 9.09. The molecule has 0 radical (unpaired) electrons. The van der Waals surface area contributed by atoms with E-state index in [9.17, 15) is 8.42 Å². The van der Waals surface area contributed by atoms with Crippen molar-refractivity contribution in [2.24, 2.45) is 5.41 Å². The standard InChI is InChI=1S/C9H17BrO2S/c1-4-9(3,8-10)6-7-13(11,12)5-2/h4H,1,5-8H2,2-3H3.